The van der Waals surface area contributed by atoms with E-state index in [0.717, 1.165) is 19.4 Å². The number of carbonyl (C=O) groups is 1. The second-order valence-electron chi connectivity index (χ2n) is 6.21. The maximum Gasteiger partial charge on any atom is 0.255 e. The Hall–Kier alpha value is -1.58. The summed E-state index contributed by atoms with van der Waals surface area (Å²) in [7, 11) is 0. The number of aromatic nitrogens is 1. The molecule has 1 aromatic rings. The number of hydrogen-bond donors (Lipinski definition) is 1. The van der Waals surface area contributed by atoms with Gasteiger partial charge in [-0.15, -0.1) is 0 Å². The molecule has 3 unspecified atom stereocenters. The second kappa shape index (κ2) is 5.43. The van der Waals surface area contributed by atoms with E-state index in [4.69, 9.17) is 0 Å². The first-order chi connectivity index (χ1) is 9.66. The molecule has 0 spiro atoms. The van der Waals surface area contributed by atoms with Gasteiger partial charge in [0, 0.05) is 18.8 Å². The Morgan fingerprint density at radius 2 is 2.10 bits per heavy atom. The summed E-state index contributed by atoms with van der Waals surface area (Å²) in [6.07, 6.45) is 8.87. The van der Waals surface area contributed by atoms with Gasteiger partial charge >= 0.3 is 0 Å². The molecule has 0 bridgehead atoms. The molecule has 1 aliphatic heterocycles. The van der Waals surface area contributed by atoms with Crippen LogP contribution in [0.15, 0.2) is 18.5 Å². The summed E-state index contributed by atoms with van der Waals surface area (Å²) in [5.41, 5.74) is 0.504. The van der Waals surface area contributed by atoms with E-state index in [0.29, 0.717) is 23.4 Å². The third-order valence-corrected chi connectivity index (χ3v) is 4.97. The van der Waals surface area contributed by atoms with Crippen LogP contribution in [0.5, 0.6) is 5.75 Å². The van der Waals surface area contributed by atoms with E-state index in [9.17, 15) is 9.90 Å². The highest BCUT2D eigenvalue weighted by atomic mass is 16.3. The van der Waals surface area contributed by atoms with Gasteiger partial charge < -0.3 is 10.0 Å². The maximum absolute atomic E-state index is 12.7. The highest BCUT2D eigenvalue weighted by Crippen LogP contribution is 2.39. The Bertz CT molecular complexity index is 503. The number of pyridine rings is 1. The van der Waals surface area contributed by atoms with E-state index < -0.39 is 0 Å². The summed E-state index contributed by atoms with van der Waals surface area (Å²) in [6.45, 7) is 3.15. The van der Waals surface area contributed by atoms with Gasteiger partial charge in [-0.2, -0.15) is 0 Å². The van der Waals surface area contributed by atoms with Crippen LogP contribution in [0, 0.1) is 11.8 Å². The van der Waals surface area contributed by atoms with Crippen molar-refractivity contribution in [3.8, 4) is 5.75 Å². The van der Waals surface area contributed by atoms with Crippen LogP contribution >= 0.6 is 0 Å². The molecule has 0 radical (unpaired) electrons. The fraction of sp³-hybridized carbons (Fsp3) is 0.625. The van der Waals surface area contributed by atoms with E-state index in [-0.39, 0.29) is 11.7 Å². The number of piperidine rings is 1. The van der Waals surface area contributed by atoms with Crippen LogP contribution in [0.2, 0.25) is 0 Å². The van der Waals surface area contributed by atoms with E-state index in [1.165, 1.54) is 31.5 Å². The molecular formula is C16H22N2O2. The predicted molar refractivity (Wildman–Crippen MR) is 76.5 cm³/mol. The minimum atomic E-state index is 0.0252. The smallest absolute Gasteiger partial charge is 0.255 e. The SMILES string of the molecule is CC1CCN(C(=O)c2cncc(O)c2)C2CCCCC12. The van der Waals surface area contributed by atoms with Crippen molar-refractivity contribution in [2.45, 2.75) is 45.1 Å². The maximum atomic E-state index is 12.7. The lowest BCUT2D eigenvalue weighted by Gasteiger charge is -2.47. The quantitative estimate of drug-likeness (QED) is 0.856. The van der Waals surface area contributed by atoms with Crippen LogP contribution in [0.4, 0.5) is 0 Å². The van der Waals surface area contributed by atoms with Gasteiger partial charge in [-0.05, 0) is 37.2 Å². The van der Waals surface area contributed by atoms with Gasteiger partial charge in [0.25, 0.3) is 5.91 Å². The Labute approximate surface area is 119 Å². The van der Waals surface area contributed by atoms with Gasteiger partial charge in [-0.1, -0.05) is 19.8 Å². The summed E-state index contributed by atoms with van der Waals surface area (Å²) >= 11 is 0. The molecule has 1 amide bonds. The highest BCUT2D eigenvalue weighted by molar-refractivity contribution is 5.94. The molecule has 4 nitrogen and oxygen atoms in total. The zero-order valence-corrected chi connectivity index (χ0v) is 12.0. The molecule has 1 aliphatic carbocycles. The average molecular weight is 274 g/mol. The van der Waals surface area contributed by atoms with Gasteiger partial charge in [0.1, 0.15) is 5.75 Å². The summed E-state index contributed by atoms with van der Waals surface area (Å²) in [6, 6.07) is 1.90. The van der Waals surface area contributed by atoms with Gasteiger partial charge in [0.2, 0.25) is 0 Å². The van der Waals surface area contributed by atoms with Crippen LogP contribution in [-0.4, -0.2) is 33.5 Å². The number of likely N-dealkylation sites (tertiary alicyclic amines) is 1. The topological polar surface area (TPSA) is 53.4 Å². The minimum Gasteiger partial charge on any atom is -0.506 e. The second-order valence-corrected chi connectivity index (χ2v) is 6.21. The number of rotatable bonds is 1. The summed E-state index contributed by atoms with van der Waals surface area (Å²) in [5, 5.41) is 9.50. The molecule has 3 rings (SSSR count). The third-order valence-electron chi connectivity index (χ3n) is 4.97. The zero-order valence-electron chi connectivity index (χ0n) is 12.0. The normalized spacial score (nSPS) is 29.9. The van der Waals surface area contributed by atoms with Crippen molar-refractivity contribution >= 4 is 5.91 Å². The fourth-order valence-corrected chi connectivity index (χ4v) is 3.88. The predicted octanol–water partition coefficient (Wildman–Crippen LogP) is 2.83. The van der Waals surface area contributed by atoms with Crippen LogP contribution in [0.3, 0.4) is 0 Å². The molecule has 1 N–H and O–H groups in total. The molecule has 2 heterocycles. The average Bonchev–Trinajstić information content (AvgIpc) is 2.47. The van der Waals surface area contributed by atoms with Crippen LogP contribution in [-0.2, 0) is 0 Å². The van der Waals surface area contributed by atoms with Crippen molar-refractivity contribution in [1.29, 1.82) is 0 Å². The number of nitrogens with zero attached hydrogens (tertiary/aromatic N) is 2. The molecule has 2 aliphatic rings. The van der Waals surface area contributed by atoms with Crippen molar-refractivity contribution in [2.24, 2.45) is 11.8 Å². The van der Waals surface area contributed by atoms with Crippen LogP contribution in [0.1, 0.15) is 49.4 Å². The first-order valence-corrected chi connectivity index (χ1v) is 7.62. The lowest BCUT2D eigenvalue weighted by Crippen LogP contribution is -2.52. The minimum absolute atomic E-state index is 0.0252. The first kappa shape index (κ1) is 13.4. The number of aromatic hydroxyl groups is 1. The molecule has 0 aromatic carbocycles. The van der Waals surface area contributed by atoms with E-state index in [1.54, 1.807) is 6.20 Å². The molecule has 20 heavy (non-hydrogen) atoms. The van der Waals surface area contributed by atoms with E-state index >= 15 is 0 Å². The first-order valence-electron chi connectivity index (χ1n) is 7.62. The Kier molecular flexibility index (Phi) is 3.64. The van der Waals surface area contributed by atoms with Crippen molar-refractivity contribution in [3.63, 3.8) is 0 Å². The summed E-state index contributed by atoms with van der Waals surface area (Å²) < 4.78 is 0. The van der Waals surface area contributed by atoms with Gasteiger partial charge in [-0.25, -0.2) is 0 Å². The molecule has 3 atom stereocenters. The molecular weight excluding hydrogens is 252 g/mol. The highest BCUT2D eigenvalue weighted by Gasteiger charge is 2.39. The number of amides is 1. The third kappa shape index (κ3) is 2.39. The Balaban J connectivity index is 1.83. The largest absolute Gasteiger partial charge is 0.506 e. The monoisotopic (exact) mass is 274 g/mol. The zero-order chi connectivity index (χ0) is 14.1. The number of hydrogen-bond acceptors (Lipinski definition) is 3. The molecule has 1 saturated carbocycles. The lowest BCUT2D eigenvalue weighted by molar-refractivity contribution is 0.0217. The summed E-state index contributed by atoms with van der Waals surface area (Å²) in [5.74, 6) is 1.44. The fourth-order valence-electron chi connectivity index (χ4n) is 3.88. The van der Waals surface area contributed by atoms with Crippen molar-refractivity contribution in [3.05, 3.63) is 24.0 Å². The Morgan fingerprint density at radius 3 is 2.90 bits per heavy atom. The molecule has 1 aromatic heterocycles. The van der Waals surface area contributed by atoms with Crippen molar-refractivity contribution < 1.29 is 9.90 Å². The molecule has 1 saturated heterocycles. The van der Waals surface area contributed by atoms with Crippen molar-refractivity contribution in [1.82, 2.24) is 9.88 Å². The molecule has 4 heteroatoms. The number of carbonyl (C=O) groups excluding carboxylic acids is 1. The molecule has 108 valence electrons. The van der Waals surface area contributed by atoms with Gasteiger partial charge in [0.05, 0.1) is 11.8 Å². The van der Waals surface area contributed by atoms with E-state index in [1.807, 2.05) is 4.90 Å². The standard InChI is InChI=1S/C16H22N2O2/c1-11-6-7-18(15-5-3-2-4-14(11)15)16(20)12-8-13(19)10-17-9-12/h8-11,14-15,19H,2-7H2,1H3. The van der Waals surface area contributed by atoms with Crippen LogP contribution in [0.25, 0.3) is 0 Å². The molecule has 2 fully saturated rings. The van der Waals surface area contributed by atoms with Crippen LogP contribution < -0.4 is 0 Å². The lowest BCUT2D eigenvalue weighted by atomic mass is 9.72. The van der Waals surface area contributed by atoms with Gasteiger partial charge in [0.15, 0.2) is 0 Å². The van der Waals surface area contributed by atoms with Gasteiger partial charge in [-0.3, -0.25) is 9.78 Å². The number of fused-ring (bicyclic) bond motifs is 1. The van der Waals surface area contributed by atoms with E-state index in [2.05, 4.69) is 11.9 Å². The Morgan fingerprint density at radius 1 is 1.30 bits per heavy atom. The van der Waals surface area contributed by atoms with Crippen molar-refractivity contribution in [2.75, 3.05) is 6.54 Å². The summed E-state index contributed by atoms with van der Waals surface area (Å²) in [4.78, 5) is 18.6.